The smallest absolute Gasteiger partial charge is 0.407 e. The molecule has 0 aromatic rings. The van der Waals surface area contributed by atoms with E-state index in [1.807, 2.05) is 6.92 Å². The van der Waals surface area contributed by atoms with Gasteiger partial charge in [-0.15, -0.1) is 0 Å². The van der Waals surface area contributed by atoms with Crippen molar-refractivity contribution in [3.05, 3.63) is 0 Å². The van der Waals surface area contributed by atoms with E-state index in [0.717, 1.165) is 0 Å². The van der Waals surface area contributed by atoms with Crippen molar-refractivity contribution in [3.8, 4) is 0 Å². The van der Waals surface area contributed by atoms with Crippen LogP contribution in [0.25, 0.3) is 0 Å². The van der Waals surface area contributed by atoms with Gasteiger partial charge in [0, 0.05) is 6.54 Å². The second-order valence-electron chi connectivity index (χ2n) is 7.35. The molecule has 0 aromatic carbocycles. The van der Waals surface area contributed by atoms with E-state index in [1.165, 1.54) is 0 Å². The third-order valence-corrected chi connectivity index (χ3v) is 3.28. The Balaban J connectivity index is 3.91. The number of hydrogen-bond acceptors (Lipinski definition) is 7. The Bertz CT molecular complexity index is 454. The molecule has 0 aliphatic heterocycles. The highest BCUT2D eigenvalue weighted by molar-refractivity contribution is 5.75. The number of hydrogen-bond donors (Lipinski definition) is 2. The Morgan fingerprint density at radius 2 is 1.60 bits per heavy atom. The molecule has 0 fully saturated rings. The topological polar surface area (TPSA) is 111 Å². The first-order valence-corrected chi connectivity index (χ1v) is 8.35. The van der Waals surface area contributed by atoms with Crippen LogP contribution in [0.1, 0.15) is 54.4 Å². The number of carbonyl (C=O) groups excluding carboxylic acids is 3. The number of aliphatic hydroxyl groups excluding tert-OH is 1. The monoisotopic (exact) mass is 361 g/mol. The minimum Gasteiger partial charge on any atom is -0.463 e. The third-order valence-electron chi connectivity index (χ3n) is 3.28. The van der Waals surface area contributed by atoms with E-state index in [4.69, 9.17) is 14.2 Å². The second kappa shape index (κ2) is 10.2. The maximum atomic E-state index is 11.7. The molecule has 0 aromatic heterocycles. The highest BCUT2D eigenvalue weighted by Gasteiger charge is 2.27. The van der Waals surface area contributed by atoms with Crippen LogP contribution in [0.3, 0.4) is 0 Å². The molecule has 8 heteroatoms. The van der Waals surface area contributed by atoms with E-state index < -0.39 is 35.2 Å². The molecule has 2 N–H and O–H groups in total. The van der Waals surface area contributed by atoms with Gasteiger partial charge in [0.05, 0.1) is 11.8 Å². The fraction of sp³-hybridized carbons (Fsp3) is 0.824. The molecular formula is C17H31NO7. The minimum atomic E-state index is -1.10. The van der Waals surface area contributed by atoms with Crippen molar-refractivity contribution in [2.24, 2.45) is 5.41 Å². The number of aliphatic hydroxyl groups is 1. The van der Waals surface area contributed by atoms with Crippen molar-refractivity contribution in [3.63, 3.8) is 0 Å². The lowest BCUT2D eigenvalue weighted by atomic mass is 9.91. The molecule has 8 nitrogen and oxygen atoms in total. The van der Waals surface area contributed by atoms with Gasteiger partial charge < -0.3 is 24.6 Å². The molecule has 0 aliphatic rings. The van der Waals surface area contributed by atoms with E-state index in [9.17, 15) is 19.5 Å². The quantitative estimate of drug-likeness (QED) is 0.475. The van der Waals surface area contributed by atoms with Crippen molar-refractivity contribution in [1.29, 1.82) is 0 Å². The van der Waals surface area contributed by atoms with Gasteiger partial charge in [0.2, 0.25) is 0 Å². The van der Waals surface area contributed by atoms with Gasteiger partial charge in [-0.05, 0) is 41.0 Å². The van der Waals surface area contributed by atoms with Gasteiger partial charge in [0.15, 0.2) is 0 Å². The van der Waals surface area contributed by atoms with Crippen LogP contribution >= 0.6 is 0 Å². The average molecular weight is 361 g/mol. The van der Waals surface area contributed by atoms with Gasteiger partial charge in [-0.25, -0.2) is 4.79 Å². The maximum Gasteiger partial charge on any atom is 0.407 e. The Morgan fingerprint density at radius 1 is 1.04 bits per heavy atom. The highest BCUT2D eigenvalue weighted by atomic mass is 16.6. The molecule has 1 unspecified atom stereocenters. The van der Waals surface area contributed by atoms with E-state index in [1.54, 1.807) is 34.6 Å². The fourth-order valence-corrected chi connectivity index (χ4v) is 1.40. The van der Waals surface area contributed by atoms with Crippen LogP contribution in [0.4, 0.5) is 4.79 Å². The van der Waals surface area contributed by atoms with Crippen LogP contribution in [0.2, 0.25) is 0 Å². The van der Waals surface area contributed by atoms with Crippen LogP contribution in [0.5, 0.6) is 0 Å². The van der Waals surface area contributed by atoms with Crippen molar-refractivity contribution < 1.29 is 33.7 Å². The molecule has 0 aliphatic carbocycles. The van der Waals surface area contributed by atoms with Crippen LogP contribution in [0.15, 0.2) is 0 Å². The summed E-state index contributed by atoms with van der Waals surface area (Å²) in [5.74, 6) is -1.00. The summed E-state index contributed by atoms with van der Waals surface area (Å²) < 4.78 is 14.9. The molecular weight excluding hydrogens is 330 g/mol. The lowest BCUT2D eigenvalue weighted by Crippen LogP contribution is -2.34. The lowest BCUT2D eigenvalue weighted by molar-refractivity contribution is -0.159. The molecule has 0 bridgehead atoms. The maximum absolute atomic E-state index is 11.7. The summed E-state index contributed by atoms with van der Waals surface area (Å²) in [6.45, 7) is 10.1. The van der Waals surface area contributed by atoms with E-state index in [0.29, 0.717) is 6.42 Å². The standard InChI is InChI=1S/C17H31NO7/c1-7-17(5,6)14(21)24-11-12(19)10-23-13(20)8-9-18-15(22)25-16(2,3)4/h12,19H,7-11H2,1-6H3,(H,18,22). The van der Waals surface area contributed by atoms with Gasteiger partial charge in [0.25, 0.3) is 0 Å². The van der Waals surface area contributed by atoms with Crippen LogP contribution < -0.4 is 5.32 Å². The minimum absolute atomic E-state index is 0.0590. The van der Waals surface area contributed by atoms with Gasteiger partial charge >= 0.3 is 18.0 Å². The number of rotatable bonds is 9. The summed E-state index contributed by atoms with van der Waals surface area (Å²) >= 11 is 0. The number of nitrogens with one attached hydrogen (secondary N) is 1. The van der Waals surface area contributed by atoms with Crippen molar-refractivity contribution in [1.82, 2.24) is 5.32 Å². The van der Waals surface area contributed by atoms with Gasteiger partial charge in [0.1, 0.15) is 24.9 Å². The predicted molar refractivity (Wildman–Crippen MR) is 90.9 cm³/mol. The molecule has 0 saturated heterocycles. The summed E-state index contributed by atoms with van der Waals surface area (Å²) in [5, 5.41) is 12.1. The number of amides is 1. The number of ether oxygens (including phenoxy) is 3. The largest absolute Gasteiger partial charge is 0.463 e. The zero-order valence-corrected chi connectivity index (χ0v) is 16.0. The summed E-state index contributed by atoms with van der Waals surface area (Å²) in [5.41, 5.74) is -1.23. The number of alkyl carbamates (subject to hydrolysis) is 1. The van der Waals surface area contributed by atoms with Crippen molar-refractivity contribution in [2.45, 2.75) is 66.1 Å². The molecule has 0 radical (unpaired) electrons. The van der Waals surface area contributed by atoms with Gasteiger partial charge in [-0.1, -0.05) is 6.92 Å². The fourth-order valence-electron chi connectivity index (χ4n) is 1.40. The van der Waals surface area contributed by atoms with Gasteiger partial charge in [-0.3, -0.25) is 9.59 Å². The zero-order chi connectivity index (χ0) is 19.7. The molecule has 0 saturated carbocycles. The van der Waals surface area contributed by atoms with Crippen LogP contribution in [0, 0.1) is 5.41 Å². The van der Waals surface area contributed by atoms with E-state index in [-0.39, 0.29) is 26.2 Å². The summed E-state index contributed by atoms with van der Waals surface area (Å²) in [4.78, 5) is 34.7. The third kappa shape index (κ3) is 11.4. The van der Waals surface area contributed by atoms with Crippen molar-refractivity contribution >= 4 is 18.0 Å². The predicted octanol–water partition coefficient (Wildman–Crippen LogP) is 1.78. The van der Waals surface area contributed by atoms with E-state index >= 15 is 0 Å². The highest BCUT2D eigenvalue weighted by Crippen LogP contribution is 2.21. The molecule has 1 atom stereocenters. The van der Waals surface area contributed by atoms with Crippen molar-refractivity contribution in [2.75, 3.05) is 19.8 Å². The lowest BCUT2D eigenvalue weighted by Gasteiger charge is -2.21. The average Bonchev–Trinajstić information content (AvgIpc) is 2.48. The van der Waals surface area contributed by atoms with Crippen LogP contribution in [-0.2, 0) is 23.8 Å². The second-order valence-corrected chi connectivity index (χ2v) is 7.35. The SMILES string of the molecule is CCC(C)(C)C(=O)OCC(O)COC(=O)CCNC(=O)OC(C)(C)C. The molecule has 0 heterocycles. The molecule has 25 heavy (non-hydrogen) atoms. The Morgan fingerprint density at radius 3 is 2.12 bits per heavy atom. The molecule has 146 valence electrons. The Labute approximate surface area is 149 Å². The Hall–Kier alpha value is -1.83. The number of carbonyl (C=O) groups is 3. The zero-order valence-electron chi connectivity index (χ0n) is 16.0. The summed E-state index contributed by atoms with van der Waals surface area (Å²) in [6, 6.07) is 0. The first kappa shape index (κ1) is 23.2. The summed E-state index contributed by atoms with van der Waals surface area (Å²) in [7, 11) is 0. The molecule has 0 spiro atoms. The first-order chi connectivity index (χ1) is 11.4. The normalized spacial score (nSPS) is 12.9. The number of esters is 2. The summed E-state index contributed by atoms with van der Waals surface area (Å²) in [6.07, 6.45) is -1.17. The van der Waals surface area contributed by atoms with Gasteiger partial charge in [-0.2, -0.15) is 0 Å². The van der Waals surface area contributed by atoms with E-state index in [2.05, 4.69) is 5.32 Å². The molecule has 0 rings (SSSR count). The molecule has 1 amide bonds. The van der Waals surface area contributed by atoms with Crippen LogP contribution in [-0.4, -0.2) is 54.6 Å². The Kier molecular flexibility index (Phi) is 9.48. The first-order valence-electron chi connectivity index (χ1n) is 8.35.